The molecule has 0 N–H and O–H groups in total. The topological polar surface area (TPSA) is 37.4 Å². The molecule has 0 atom stereocenters. The number of sulfone groups is 1. The smallest absolute Gasteiger partial charge is 0.373 e. The average Bonchev–Trinajstić information content (AvgIpc) is 2.33. The van der Waals surface area contributed by atoms with Gasteiger partial charge in [0.25, 0.3) is 0 Å². The molecule has 114 valence electrons. The first kappa shape index (κ1) is 17.3. The van der Waals surface area contributed by atoms with Crippen molar-refractivity contribution in [2.75, 3.05) is 30.5 Å². The molecule has 0 aliphatic carbocycles. The van der Waals surface area contributed by atoms with Gasteiger partial charge in [0.05, 0.1) is 11.3 Å². The second-order valence-electron chi connectivity index (χ2n) is 4.53. The van der Waals surface area contributed by atoms with Crippen molar-refractivity contribution in [2.24, 2.45) is 0 Å². The van der Waals surface area contributed by atoms with Crippen LogP contribution in [0.5, 0.6) is 0 Å². The van der Waals surface area contributed by atoms with E-state index in [4.69, 9.17) is 0 Å². The second kappa shape index (κ2) is 6.34. The number of alkyl halides is 4. The zero-order valence-electron chi connectivity index (χ0n) is 11.0. The monoisotopic (exact) mass is 373 g/mol. The molecule has 0 saturated heterocycles. The van der Waals surface area contributed by atoms with Gasteiger partial charge in [0.15, 0.2) is 0 Å². The maximum absolute atomic E-state index is 13.0. The van der Waals surface area contributed by atoms with Gasteiger partial charge >= 0.3 is 6.18 Å². The molecule has 0 radical (unpaired) electrons. The fourth-order valence-electron chi connectivity index (χ4n) is 1.65. The number of hydrogen-bond donors (Lipinski definition) is 0. The summed E-state index contributed by atoms with van der Waals surface area (Å²) in [6.45, 7) is 0.00950. The molecule has 0 aliphatic rings. The summed E-state index contributed by atoms with van der Waals surface area (Å²) in [6, 6.07) is 4.01. The van der Waals surface area contributed by atoms with E-state index in [0.29, 0.717) is 10.9 Å². The highest BCUT2D eigenvalue weighted by Gasteiger charge is 2.34. The Labute approximate surface area is 124 Å². The first-order chi connectivity index (χ1) is 9.04. The number of nitrogens with zero attached hydrogens (tertiary/aromatic N) is 1. The molecule has 0 saturated carbocycles. The Kier molecular flexibility index (Phi) is 5.48. The fraction of sp³-hybridized carbons (Fsp3) is 0.500. The predicted molar refractivity (Wildman–Crippen MR) is 77.1 cm³/mol. The first-order valence-electron chi connectivity index (χ1n) is 5.69. The van der Waals surface area contributed by atoms with Crippen molar-refractivity contribution in [1.82, 2.24) is 0 Å². The molecule has 0 aliphatic heterocycles. The quantitative estimate of drug-likeness (QED) is 0.744. The number of halogens is 4. The Morgan fingerprint density at radius 1 is 1.30 bits per heavy atom. The zero-order chi connectivity index (χ0) is 15.6. The van der Waals surface area contributed by atoms with E-state index in [9.17, 15) is 21.6 Å². The number of rotatable bonds is 5. The van der Waals surface area contributed by atoms with Gasteiger partial charge in [0.1, 0.15) is 9.84 Å². The minimum Gasteiger partial charge on any atom is -0.373 e. The molecule has 0 amide bonds. The summed E-state index contributed by atoms with van der Waals surface area (Å²) >= 11 is 3.12. The summed E-state index contributed by atoms with van der Waals surface area (Å²) < 4.78 is 61.3. The fourth-order valence-corrected chi connectivity index (χ4v) is 2.60. The van der Waals surface area contributed by atoms with Crippen molar-refractivity contribution in [3.8, 4) is 0 Å². The molecule has 1 aromatic carbocycles. The van der Waals surface area contributed by atoms with Crippen LogP contribution < -0.4 is 4.90 Å². The van der Waals surface area contributed by atoms with Gasteiger partial charge in [-0.05, 0) is 17.7 Å². The van der Waals surface area contributed by atoms with Gasteiger partial charge in [-0.25, -0.2) is 8.42 Å². The van der Waals surface area contributed by atoms with Gasteiger partial charge in [0, 0.05) is 30.9 Å². The SMILES string of the molecule is CN(CCS(C)(=O)=O)c1ccc(CBr)cc1C(F)(F)F. The van der Waals surface area contributed by atoms with Crippen LogP contribution in [0.1, 0.15) is 11.1 Å². The van der Waals surface area contributed by atoms with E-state index in [-0.39, 0.29) is 18.0 Å². The van der Waals surface area contributed by atoms with Crippen LogP contribution >= 0.6 is 15.9 Å². The third-order valence-electron chi connectivity index (χ3n) is 2.73. The van der Waals surface area contributed by atoms with Crippen LogP contribution in [0.3, 0.4) is 0 Å². The normalized spacial score (nSPS) is 12.5. The average molecular weight is 374 g/mol. The molecular formula is C12H15BrF3NO2S. The predicted octanol–water partition coefficient (Wildman–Crippen LogP) is 3.08. The lowest BCUT2D eigenvalue weighted by molar-refractivity contribution is -0.137. The molecule has 8 heteroatoms. The van der Waals surface area contributed by atoms with E-state index in [0.717, 1.165) is 12.3 Å². The maximum Gasteiger partial charge on any atom is 0.418 e. The van der Waals surface area contributed by atoms with Crippen molar-refractivity contribution in [3.63, 3.8) is 0 Å². The number of hydrogen-bond acceptors (Lipinski definition) is 3. The third kappa shape index (κ3) is 4.97. The van der Waals surface area contributed by atoms with E-state index in [1.807, 2.05) is 0 Å². The Morgan fingerprint density at radius 3 is 2.35 bits per heavy atom. The van der Waals surface area contributed by atoms with Crippen LogP contribution in [0.15, 0.2) is 18.2 Å². The Balaban J connectivity index is 3.10. The van der Waals surface area contributed by atoms with Crippen molar-refractivity contribution < 1.29 is 21.6 Å². The number of benzene rings is 1. The van der Waals surface area contributed by atoms with Crippen LogP contribution in [-0.2, 0) is 21.3 Å². The van der Waals surface area contributed by atoms with E-state index in [2.05, 4.69) is 15.9 Å². The molecule has 0 aromatic heterocycles. The Hall–Kier alpha value is -0.760. The lowest BCUT2D eigenvalue weighted by Crippen LogP contribution is -2.27. The molecule has 20 heavy (non-hydrogen) atoms. The van der Waals surface area contributed by atoms with Crippen LogP contribution in [0.2, 0.25) is 0 Å². The summed E-state index contributed by atoms with van der Waals surface area (Å²) in [7, 11) is -1.77. The zero-order valence-corrected chi connectivity index (χ0v) is 13.4. The minimum atomic E-state index is -4.48. The molecule has 1 aromatic rings. The van der Waals surface area contributed by atoms with Gasteiger partial charge < -0.3 is 4.90 Å². The van der Waals surface area contributed by atoms with Crippen molar-refractivity contribution >= 4 is 31.5 Å². The highest BCUT2D eigenvalue weighted by Crippen LogP contribution is 2.37. The lowest BCUT2D eigenvalue weighted by Gasteiger charge is -2.23. The highest BCUT2D eigenvalue weighted by atomic mass is 79.9. The summed E-state index contributed by atoms with van der Waals surface area (Å²) in [6.07, 6.45) is -3.42. The maximum atomic E-state index is 13.0. The highest BCUT2D eigenvalue weighted by molar-refractivity contribution is 9.08. The lowest BCUT2D eigenvalue weighted by atomic mass is 10.1. The Morgan fingerprint density at radius 2 is 1.90 bits per heavy atom. The molecule has 0 fully saturated rings. The van der Waals surface area contributed by atoms with Crippen LogP contribution in [-0.4, -0.2) is 34.0 Å². The van der Waals surface area contributed by atoms with Gasteiger partial charge in [-0.15, -0.1) is 0 Å². The molecule has 0 bridgehead atoms. The Bertz CT molecular complexity index is 573. The molecule has 0 unspecified atom stereocenters. The van der Waals surface area contributed by atoms with Gasteiger partial charge in [-0.3, -0.25) is 0 Å². The van der Waals surface area contributed by atoms with Crippen molar-refractivity contribution in [2.45, 2.75) is 11.5 Å². The van der Waals surface area contributed by atoms with E-state index in [1.165, 1.54) is 18.0 Å². The van der Waals surface area contributed by atoms with E-state index < -0.39 is 21.6 Å². The number of anilines is 1. The second-order valence-corrected chi connectivity index (χ2v) is 7.35. The molecular weight excluding hydrogens is 359 g/mol. The third-order valence-corrected chi connectivity index (χ3v) is 4.30. The summed E-state index contributed by atoms with van der Waals surface area (Å²) in [5.74, 6) is -0.193. The van der Waals surface area contributed by atoms with Crippen molar-refractivity contribution in [3.05, 3.63) is 29.3 Å². The van der Waals surface area contributed by atoms with E-state index in [1.54, 1.807) is 6.07 Å². The van der Waals surface area contributed by atoms with Crippen LogP contribution in [0.25, 0.3) is 0 Å². The van der Waals surface area contributed by atoms with Crippen LogP contribution in [0.4, 0.5) is 18.9 Å². The van der Waals surface area contributed by atoms with Gasteiger partial charge in [0.2, 0.25) is 0 Å². The minimum absolute atomic E-state index is 0.00950. The summed E-state index contributed by atoms with van der Waals surface area (Å²) in [5, 5.41) is 0.323. The molecule has 0 heterocycles. The molecule has 0 spiro atoms. The molecule has 3 nitrogen and oxygen atoms in total. The first-order valence-corrected chi connectivity index (χ1v) is 8.88. The summed E-state index contributed by atoms with van der Waals surface area (Å²) in [4.78, 5) is 1.31. The standard InChI is InChI=1S/C12H15BrF3NO2S/c1-17(5-6-20(2,18)19)11-4-3-9(8-13)7-10(11)12(14,15)16/h3-4,7H,5-6,8H2,1-2H3. The molecule has 1 rings (SSSR count). The van der Waals surface area contributed by atoms with Crippen LogP contribution in [0, 0.1) is 0 Å². The summed E-state index contributed by atoms with van der Waals surface area (Å²) in [5.41, 5.74) is -0.270. The van der Waals surface area contributed by atoms with Gasteiger partial charge in [-0.1, -0.05) is 22.0 Å². The van der Waals surface area contributed by atoms with E-state index >= 15 is 0 Å². The van der Waals surface area contributed by atoms with Crippen molar-refractivity contribution in [1.29, 1.82) is 0 Å². The largest absolute Gasteiger partial charge is 0.418 e. The van der Waals surface area contributed by atoms with Gasteiger partial charge in [-0.2, -0.15) is 13.2 Å².